The van der Waals surface area contributed by atoms with Crippen LogP contribution in [-0.2, 0) is 4.79 Å². The second kappa shape index (κ2) is 11.5. The third-order valence-electron chi connectivity index (χ3n) is 4.61. The zero-order chi connectivity index (χ0) is 13.5. The molecule has 1 saturated heterocycles. The number of hydrogen-bond acceptors (Lipinski definition) is 3. The SMILES string of the molecule is Cl.Cl.NC1CCCCC1CC(=O)NCCN1CCCCC1. The Labute approximate surface area is 141 Å². The minimum absolute atomic E-state index is 0. The van der Waals surface area contributed by atoms with E-state index in [0.717, 1.165) is 25.9 Å². The summed E-state index contributed by atoms with van der Waals surface area (Å²) in [5.41, 5.74) is 6.08. The fraction of sp³-hybridized carbons (Fsp3) is 0.933. The largest absolute Gasteiger partial charge is 0.355 e. The normalized spacial score (nSPS) is 26.3. The number of rotatable bonds is 5. The molecule has 0 aromatic carbocycles. The summed E-state index contributed by atoms with van der Waals surface area (Å²) in [6, 6.07) is 0.238. The summed E-state index contributed by atoms with van der Waals surface area (Å²) in [4.78, 5) is 14.4. The molecule has 2 unspecified atom stereocenters. The highest BCUT2D eigenvalue weighted by molar-refractivity contribution is 5.85. The van der Waals surface area contributed by atoms with Gasteiger partial charge in [-0.3, -0.25) is 4.79 Å². The third kappa shape index (κ3) is 7.68. The van der Waals surface area contributed by atoms with Crippen LogP contribution in [0.5, 0.6) is 0 Å². The zero-order valence-electron chi connectivity index (χ0n) is 12.9. The van der Waals surface area contributed by atoms with Crippen LogP contribution in [0.1, 0.15) is 51.4 Å². The van der Waals surface area contributed by atoms with E-state index < -0.39 is 0 Å². The van der Waals surface area contributed by atoms with Gasteiger partial charge in [0.15, 0.2) is 0 Å². The first kappa shape index (κ1) is 21.0. The Kier molecular flexibility index (Phi) is 11.5. The molecule has 6 heteroatoms. The molecule has 3 N–H and O–H groups in total. The summed E-state index contributed by atoms with van der Waals surface area (Å²) in [5.74, 6) is 0.600. The molecule has 0 spiro atoms. The lowest BCUT2D eigenvalue weighted by molar-refractivity contribution is -0.122. The maximum Gasteiger partial charge on any atom is 0.220 e. The molecule has 126 valence electrons. The van der Waals surface area contributed by atoms with E-state index in [4.69, 9.17) is 5.73 Å². The standard InChI is InChI=1S/C15H29N3O.2ClH/c16-14-7-3-2-6-13(14)12-15(19)17-8-11-18-9-4-1-5-10-18;;/h13-14H,1-12,16H2,(H,17,19);2*1H. The number of carbonyl (C=O) groups is 1. The van der Waals surface area contributed by atoms with Crippen molar-refractivity contribution >= 4 is 30.7 Å². The van der Waals surface area contributed by atoms with Crippen molar-refractivity contribution in [2.24, 2.45) is 11.7 Å². The van der Waals surface area contributed by atoms with Crippen molar-refractivity contribution in [2.45, 2.75) is 57.4 Å². The smallest absolute Gasteiger partial charge is 0.220 e. The second-order valence-corrected chi connectivity index (χ2v) is 6.16. The number of nitrogens with two attached hydrogens (primary N) is 1. The van der Waals surface area contributed by atoms with Crippen molar-refractivity contribution in [3.63, 3.8) is 0 Å². The molecule has 2 atom stereocenters. The Morgan fingerprint density at radius 3 is 2.38 bits per heavy atom. The number of piperidine rings is 1. The summed E-state index contributed by atoms with van der Waals surface area (Å²) in [5, 5.41) is 3.06. The Balaban J connectivity index is 0.00000200. The molecule has 0 bridgehead atoms. The van der Waals surface area contributed by atoms with Gasteiger partial charge in [0.1, 0.15) is 0 Å². The highest BCUT2D eigenvalue weighted by atomic mass is 35.5. The van der Waals surface area contributed by atoms with E-state index in [1.807, 2.05) is 0 Å². The minimum atomic E-state index is 0. The molecule has 1 aliphatic carbocycles. The number of hydrogen-bond donors (Lipinski definition) is 2. The summed E-state index contributed by atoms with van der Waals surface area (Å²) in [6.45, 7) is 4.19. The van der Waals surface area contributed by atoms with Gasteiger partial charge in [-0.25, -0.2) is 0 Å². The van der Waals surface area contributed by atoms with Crippen LogP contribution in [0, 0.1) is 5.92 Å². The summed E-state index contributed by atoms with van der Waals surface area (Å²) < 4.78 is 0. The van der Waals surface area contributed by atoms with Crippen LogP contribution in [0.25, 0.3) is 0 Å². The van der Waals surface area contributed by atoms with Gasteiger partial charge >= 0.3 is 0 Å². The Hall–Kier alpha value is -0.0300. The average Bonchev–Trinajstić information content (AvgIpc) is 2.43. The van der Waals surface area contributed by atoms with Gasteiger partial charge in [-0.15, -0.1) is 24.8 Å². The summed E-state index contributed by atoms with van der Waals surface area (Å²) in [6.07, 6.45) is 9.29. The molecule has 4 nitrogen and oxygen atoms in total. The molecule has 2 rings (SSSR count). The fourth-order valence-electron chi connectivity index (χ4n) is 3.34. The number of likely N-dealkylation sites (tertiary alicyclic amines) is 1. The van der Waals surface area contributed by atoms with Gasteiger partial charge in [0.25, 0.3) is 0 Å². The van der Waals surface area contributed by atoms with Gasteiger partial charge in [0.05, 0.1) is 0 Å². The minimum Gasteiger partial charge on any atom is -0.355 e. The van der Waals surface area contributed by atoms with Crippen molar-refractivity contribution in [1.82, 2.24) is 10.2 Å². The predicted octanol–water partition coefficient (Wildman–Crippen LogP) is 2.34. The van der Waals surface area contributed by atoms with Crippen LogP contribution in [-0.4, -0.2) is 43.0 Å². The lowest BCUT2D eigenvalue weighted by Gasteiger charge is -2.28. The zero-order valence-corrected chi connectivity index (χ0v) is 14.5. The molecule has 2 fully saturated rings. The fourth-order valence-corrected chi connectivity index (χ4v) is 3.34. The van der Waals surface area contributed by atoms with Gasteiger partial charge in [-0.2, -0.15) is 0 Å². The van der Waals surface area contributed by atoms with Crippen LogP contribution in [0.2, 0.25) is 0 Å². The first-order chi connectivity index (χ1) is 9.25. The summed E-state index contributed by atoms with van der Waals surface area (Å²) >= 11 is 0. The molecule has 1 aliphatic heterocycles. The van der Waals surface area contributed by atoms with Crippen LogP contribution >= 0.6 is 24.8 Å². The van der Waals surface area contributed by atoms with E-state index in [-0.39, 0.29) is 36.8 Å². The first-order valence-electron chi connectivity index (χ1n) is 8.00. The van der Waals surface area contributed by atoms with E-state index in [0.29, 0.717) is 12.3 Å². The van der Waals surface area contributed by atoms with Crippen molar-refractivity contribution in [1.29, 1.82) is 0 Å². The van der Waals surface area contributed by atoms with Gasteiger partial charge in [-0.1, -0.05) is 19.3 Å². The molecule has 21 heavy (non-hydrogen) atoms. The topological polar surface area (TPSA) is 58.4 Å². The van der Waals surface area contributed by atoms with Crippen LogP contribution < -0.4 is 11.1 Å². The number of carbonyl (C=O) groups excluding carboxylic acids is 1. The number of amides is 1. The molecular formula is C15H31Cl2N3O. The van der Waals surface area contributed by atoms with Crippen LogP contribution in [0.4, 0.5) is 0 Å². The summed E-state index contributed by atoms with van der Waals surface area (Å²) in [7, 11) is 0. The van der Waals surface area contributed by atoms with E-state index in [2.05, 4.69) is 10.2 Å². The molecule has 1 saturated carbocycles. The van der Waals surface area contributed by atoms with Gasteiger partial charge in [-0.05, 0) is 44.7 Å². The monoisotopic (exact) mass is 339 g/mol. The quantitative estimate of drug-likeness (QED) is 0.808. The molecule has 0 radical (unpaired) electrons. The number of nitrogens with one attached hydrogen (secondary N) is 1. The Morgan fingerprint density at radius 2 is 1.71 bits per heavy atom. The van der Waals surface area contributed by atoms with Crippen molar-refractivity contribution in [3.8, 4) is 0 Å². The average molecular weight is 340 g/mol. The van der Waals surface area contributed by atoms with Crippen LogP contribution in [0.3, 0.4) is 0 Å². The van der Waals surface area contributed by atoms with Crippen molar-refractivity contribution in [2.75, 3.05) is 26.2 Å². The molecule has 1 amide bonds. The number of halogens is 2. The van der Waals surface area contributed by atoms with Crippen molar-refractivity contribution in [3.05, 3.63) is 0 Å². The van der Waals surface area contributed by atoms with E-state index in [1.54, 1.807) is 0 Å². The molecule has 2 aliphatic rings. The molecule has 0 aromatic heterocycles. The highest BCUT2D eigenvalue weighted by Crippen LogP contribution is 2.25. The second-order valence-electron chi connectivity index (χ2n) is 6.16. The Bertz CT molecular complexity index is 286. The van der Waals surface area contributed by atoms with Crippen molar-refractivity contribution < 1.29 is 4.79 Å². The first-order valence-corrected chi connectivity index (χ1v) is 8.00. The molecule has 1 heterocycles. The van der Waals surface area contributed by atoms with E-state index >= 15 is 0 Å². The maximum atomic E-state index is 11.9. The predicted molar refractivity (Wildman–Crippen MR) is 92.3 cm³/mol. The Morgan fingerprint density at radius 1 is 1.05 bits per heavy atom. The third-order valence-corrected chi connectivity index (χ3v) is 4.61. The number of nitrogens with zero attached hydrogens (tertiary/aromatic N) is 1. The molecular weight excluding hydrogens is 309 g/mol. The molecule has 0 aromatic rings. The van der Waals surface area contributed by atoms with Gasteiger partial charge in [0, 0.05) is 25.6 Å². The lowest BCUT2D eigenvalue weighted by atomic mass is 9.83. The van der Waals surface area contributed by atoms with E-state index in [9.17, 15) is 4.79 Å². The van der Waals surface area contributed by atoms with Crippen LogP contribution in [0.15, 0.2) is 0 Å². The van der Waals surface area contributed by atoms with Gasteiger partial charge < -0.3 is 16.0 Å². The maximum absolute atomic E-state index is 11.9. The van der Waals surface area contributed by atoms with Gasteiger partial charge in [0.2, 0.25) is 5.91 Å². The van der Waals surface area contributed by atoms with E-state index in [1.165, 1.54) is 45.2 Å². The lowest BCUT2D eigenvalue weighted by Crippen LogP contribution is -2.40. The highest BCUT2D eigenvalue weighted by Gasteiger charge is 2.23.